The summed E-state index contributed by atoms with van der Waals surface area (Å²) in [5.41, 5.74) is 6.48. The Labute approximate surface area is 54.2 Å². The van der Waals surface area contributed by atoms with E-state index in [1.165, 1.54) is 0 Å². The molecule has 1 amide bonds. The zero-order valence-corrected chi connectivity index (χ0v) is 5.22. The summed E-state index contributed by atoms with van der Waals surface area (Å²) in [6.07, 6.45) is 3.34. The zero-order chi connectivity index (χ0) is 6.69. The second-order valence-electron chi connectivity index (χ2n) is 2.31. The van der Waals surface area contributed by atoms with Crippen molar-refractivity contribution in [3.8, 4) is 0 Å². The number of amides is 1. The summed E-state index contributed by atoms with van der Waals surface area (Å²) in [4.78, 5) is 10.0. The van der Waals surface area contributed by atoms with E-state index in [9.17, 15) is 4.79 Å². The van der Waals surface area contributed by atoms with Gasteiger partial charge in [0.15, 0.2) is 0 Å². The van der Waals surface area contributed by atoms with Crippen LogP contribution in [0.1, 0.15) is 25.7 Å². The Kier molecular flexibility index (Phi) is 1.92. The largest absolute Gasteiger partial charge is 0.445 e. The zero-order valence-electron chi connectivity index (χ0n) is 5.22. The number of carbonyl (C=O) groups excluding carboxylic acids is 1. The van der Waals surface area contributed by atoms with Crippen molar-refractivity contribution in [3.63, 3.8) is 0 Å². The third kappa shape index (κ3) is 1.91. The fourth-order valence-corrected chi connectivity index (χ4v) is 1.16. The number of hydrogen-bond donors (Lipinski definition) is 0. The predicted octanol–water partition coefficient (Wildman–Crippen LogP) is 1.35. The molecular formula is C6H10NO2. The van der Waals surface area contributed by atoms with Crippen LogP contribution in [0.3, 0.4) is 0 Å². The smallest absolute Gasteiger partial charge is 0.426 e. The molecule has 0 spiro atoms. The highest BCUT2D eigenvalue weighted by Gasteiger charge is 2.17. The normalized spacial score (nSPS) is 20.0. The number of nitrogens with one attached hydrogen (secondary N) is 1. The van der Waals surface area contributed by atoms with Crippen molar-refractivity contribution in [2.24, 2.45) is 0 Å². The Bertz CT molecular complexity index is 108. The first-order chi connectivity index (χ1) is 4.29. The standard InChI is InChI=1S/C6H10NO2/c7-6(8)9-5-3-1-2-4-5/h5,7H,1-4H2. The molecule has 0 saturated heterocycles. The summed E-state index contributed by atoms with van der Waals surface area (Å²) in [7, 11) is 0. The summed E-state index contributed by atoms with van der Waals surface area (Å²) in [6.45, 7) is 0. The van der Waals surface area contributed by atoms with Gasteiger partial charge in [0.25, 0.3) is 0 Å². The lowest BCUT2D eigenvalue weighted by atomic mass is 10.3. The fourth-order valence-electron chi connectivity index (χ4n) is 1.16. The first-order valence-electron chi connectivity index (χ1n) is 3.21. The van der Waals surface area contributed by atoms with Crippen LogP contribution < -0.4 is 5.73 Å². The third-order valence-electron chi connectivity index (χ3n) is 1.58. The van der Waals surface area contributed by atoms with Gasteiger partial charge in [-0.3, -0.25) is 0 Å². The number of ether oxygens (including phenoxy) is 1. The second kappa shape index (κ2) is 2.71. The molecule has 1 radical (unpaired) electrons. The highest BCUT2D eigenvalue weighted by Crippen LogP contribution is 2.20. The maximum atomic E-state index is 10.0. The minimum absolute atomic E-state index is 0.0509. The van der Waals surface area contributed by atoms with Crippen molar-refractivity contribution in [2.45, 2.75) is 31.8 Å². The van der Waals surface area contributed by atoms with E-state index in [2.05, 4.69) is 4.74 Å². The first-order valence-corrected chi connectivity index (χ1v) is 3.21. The Balaban J connectivity index is 2.19. The van der Waals surface area contributed by atoms with E-state index >= 15 is 0 Å². The molecule has 51 valence electrons. The van der Waals surface area contributed by atoms with Crippen LogP contribution >= 0.6 is 0 Å². The Morgan fingerprint density at radius 3 is 2.44 bits per heavy atom. The maximum absolute atomic E-state index is 10.0. The van der Waals surface area contributed by atoms with Gasteiger partial charge in [-0.2, -0.15) is 0 Å². The van der Waals surface area contributed by atoms with Crippen LogP contribution in [0.4, 0.5) is 4.79 Å². The van der Waals surface area contributed by atoms with Gasteiger partial charge in [0.1, 0.15) is 6.10 Å². The molecule has 1 aliphatic rings. The van der Waals surface area contributed by atoms with E-state index < -0.39 is 6.09 Å². The maximum Gasteiger partial charge on any atom is 0.426 e. The topological polar surface area (TPSA) is 50.1 Å². The van der Waals surface area contributed by atoms with Gasteiger partial charge in [-0.1, -0.05) is 0 Å². The van der Waals surface area contributed by atoms with Crippen molar-refractivity contribution >= 4 is 6.09 Å². The molecule has 9 heavy (non-hydrogen) atoms. The number of hydrogen-bond acceptors (Lipinski definition) is 2. The third-order valence-corrected chi connectivity index (χ3v) is 1.58. The highest BCUT2D eigenvalue weighted by atomic mass is 16.6. The first kappa shape index (κ1) is 6.39. The average Bonchev–Trinajstić information content (AvgIpc) is 2.15. The van der Waals surface area contributed by atoms with E-state index in [4.69, 9.17) is 5.73 Å². The van der Waals surface area contributed by atoms with Crippen LogP contribution in [-0.4, -0.2) is 12.2 Å². The summed E-state index contributed by atoms with van der Waals surface area (Å²) in [5, 5.41) is 0. The van der Waals surface area contributed by atoms with Gasteiger partial charge in [-0.25, -0.2) is 10.5 Å². The summed E-state index contributed by atoms with van der Waals surface area (Å²) in [5.74, 6) is 0. The molecule has 0 aromatic carbocycles. The van der Waals surface area contributed by atoms with Gasteiger partial charge >= 0.3 is 6.09 Å². The Morgan fingerprint density at radius 2 is 2.00 bits per heavy atom. The molecule has 1 N–H and O–H groups in total. The van der Waals surface area contributed by atoms with Crippen LogP contribution in [0, 0.1) is 0 Å². The molecule has 0 atom stereocenters. The van der Waals surface area contributed by atoms with Crippen molar-refractivity contribution in [2.75, 3.05) is 0 Å². The molecular weight excluding hydrogens is 118 g/mol. The van der Waals surface area contributed by atoms with E-state index in [0.717, 1.165) is 25.7 Å². The Hall–Kier alpha value is -0.730. The highest BCUT2D eigenvalue weighted by molar-refractivity contribution is 5.63. The molecule has 1 aliphatic carbocycles. The van der Waals surface area contributed by atoms with Gasteiger partial charge in [0, 0.05) is 0 Å². The van der Waals surface area contributed by atoms with Gasteiger partial charge in [0.2, 0.25) is 0 Å². The SMILES string of the molecule is [NH]C(=O)OC1CCCC1. The molecule has 0 aromatic rings. The molecule has 0 aliphatic heterocycles. The lowest BCUT2D eigenvalue weighted by Gasteiger charge is -2.06. The van der Waals surface area contributed by atoms with Gasteiger partial charge in [-0.15, -0.1) is 0 Å². The van der Waals surface area contributed by atoms with Gasteiger partial charge in [-0.05, 0) is 25.7 Å². The predicted molar refractivity (Wildman–Crippen MR) is 31.8 cm³/mol. The summed E-state index contributed by atoms with van der Waals surface area (Å²) >= 11 is 0. The van der Waals surface area contributed by atoms with Crippen LogP contribution in [-0.2, 0) is 4.74 Å². The van der Waals surface area contributed by atoms with Crippen molar-refractivity contribution in [3.05, 3.63) is 0 Å². The van der Waals surface area contributed by atoms with Gasteiger partial charge in [0.05, 0.1) is 0 Å². The average molecular weight is 128 g/mol. The molecule has 3 nitrogen and oxygen atoms in total. The lowest BCUT2D eigenvalue weighted by molar-refractivity contribution is 0.108. The molecule has 1 fully saturated rings. The summed E-state index contributed by atoms with van der Waals surface area (Å²) in [6, 6.07) is 0. The summed E-state index contributed by atoms with van der Waals surface area (Å²) < 4.78 is 4.64. The number of carbonyl (C=O) groups is 1. The van der Waals surface area contributed by atoms with Crippen LogP contribution in [0.25, 0.3) is 0 Å². The minimum atomic E-state index is -0.887. The quantitative estimate of drug-likeness (QED) is 0.535. The molecule has 0 bridgehead atoms. The molecule has 0 heterocycles. The number of rotatable bonds is 1. The molecule has 3 heteroatoms. The van der Waals surface area contributed by atoms with E-state index in [0.29, 0.717) is 0 Å². The molecule has 1 rings (SSSR count). The van der Waals surface area contributed by atoms with Crippen molar-refractivity contribution < 1.29 is 9.53 Å². The second-order valence-corrected chi connectivity index (χ2v) is 2.31. The van der Waals surface area contributed by atoms with Crippen molar-refractivity contribution in [1.82, 2.24) is 5.73 Å². The lowest BCUT2D eigenvalue weighted by Crippen LogP contribution is -2.13. The van der Waals surface area contributed by atoms with Crippen LogP contribution in [0.15, 0.2) is 0 Å². The van der Waals surface area contributed by atoms with Crippen LogP contribution in [0.5, 0.6) is 0 Å². The van der Waals surface area contributed by atoms with E-state index in [1.807, 2.05) is 0 Å². The Morgan fingerprint density at radius 1 is 1.44 bits per heavy atom. The van der Waals surface area contributed by atoms with E-state index in [1.54, 1.807) is 0 Å². The van der Waals surface area contributed by atoms with E-state index in [-0.39, 0.29) is 6.10 Å². The molecule has 1 saturated carbocycles. The molecule has 0 aromatic heterocycles. The fraction of sp³-hybridized carbons (Fsp3) is 0.833. The van der Waals surface area contributed by atoms with Gasteiger partial charge < -0.3 is 4.74 Å². The van der Waals surface area contributed by atoms with Crippen LogP contribution in [0.2, 0.25) is 0 Å². The van der Waals surface area contributed by atoms with Crippen molar-refractivity contribution in [1.29, 1.82) is 0 Å². The minimum Gasteiger partial charge on any atom is -0.445 e. The molecule has 0 unspecified atom stereocenters. The monoisotopic (exact) mass is 128 g/mol.